The molecule has 6 heteroatoms. The van der Waals surface area contributed by atoms with Gasteiger partial charge in [-0.15, -0.1) is 0 Å². The smallest absolute Gasteiger partial charge is 0.312 e. The van der Waals surface area contributed by atoms with Crippen molar-refractivity contribution in [3.8, 4) is 0 Å². The zero-order valence-corrected chi connectivity index (χ0v) is 10.9. The van der Waals surface area contributed by atoms with Crippen molar-refractivity contribution in [1.29, 1.82) is 0 Å². The molecule has 0 aromatic heterocycles. The molecule has 0 radical (unpaired) electrons. The Morgan fingerprint density at radius 2 is 1.89 bits per heavy atom. The van der Waals surface area contributed by atoms with Crippen LogP contribution in [0.5, 0.6) is 0 Å². The number of benzene rings is 1. The molecule has 1 aromatic rings. The Balaban J connectivity index is 2.76. The van der Waals surface area contributed by atoms with Crippen molar-refractivity contribution in [3.05, 3.63) is 30.1 Å². The fourth-order valence-electron chi connectivity index (χ4n) is 1.61. The van der Waals surface area contributed by atoms with Crippen molar-refractivity contribution in [2.75, 3.05) is 5.32 Å². The first-order chi connectivity index (χ1) is 8.93. The topological polar surface area (TPSA) is 84.2 Å². The van der Waals surface area contributed by atoms with E-state index in [1.807, 2.05) is 13.8 Å². The van der Waals surface area contributed by atoms with Crippen molar-refractivity contribution in [1.82, 2.24) is 5.32 Å². The molecule has 0 aliphatic heterocycles. The number of nitrogens with two attached hydrogens (primary N) is 1. The number of carbonyl (C=O) groups excluding carboxylic acids is 2. The molecule has 0 heterocycles. The van der Waals surface area contributed by atoms with Gasteiger partial charge in [0.1, 0.15) is 11.9 Å². The van der Waals surface area contributed by atoms with Crippen molar-refractivity contribution < 1.29 is 14.0 Å². The van der Waals surface area contributed by atoms with E-state index in [1.54, 1.807) is 0 Å². The molecule has 1 rings (SSSR count). The quantitative estimate of drug-likeness (QED) is 0.760. The molecule has 5 nitrogen and oxygen atoms in total. The highest BCUT2D eigenvalue weighted by Gasteiger charge is 2.25. The largest absolute Gasteiger partial charge is 0.352 e. The monoisotopic (exact) mass is 267 g/mol. The molecule has 19 heavy (non-hydrogen) atoms. The maximum absolute atomic E-state index is 12.8. The van der Waals surface area contributed by atoms with Crippen LogP contribution in [-0.4, -0.2) is 18.0 Å². The van der Waals surface area contributed by atoms with E-state index in [0.717, 1.165) is 0 Å². The van der Waals surface area contributed by atoms with Crippen molar-refractivity contribution in [3.63, 3.8) is 0 Å². The summed E-state index contributed by atoms with van der Waals surface area (Å²) in [6, 6.07) is 3.92. The van der Waals surface area contributed by atoms with Gasteiger partial charge < -0.3 is 16.4 Å². The molecule has 0 saturated carbocycles. The number of hydrogen-bond acceptors (Lipinski definition) is 2. The molecule has 104 valence electrons. The third-order valence-corrected chi connectivity index (χ3v) is 2.90. The van der Waals surface area contributed by atoms with Crippen LogP contribution in [0.1, 0.15) is 20.3 Å². The average Bonchev–Trinajstić information content (AvgIpc) is 2.37. The van der Waals surface area contributed by atoms with Crippen LogP contribution in [-0.2, 0) is 4.79 Å². The molecule has 4 N–H and O–H groups in total. The summed E-state index contributed by atoms with van der Waals surface area (Å²) in [7, 11) is 0. The summed E-state index contributed by atoms with van der Waals surface area (Å²) < 4.78 is 12.8. The lowest BCUT2D eigenvalue weighted by Gasteiger charge is -2.22. The number of nitrogens with one attached hydrogen (secondary N) is 2. The van der Waals surface area contributed by atoms with Gasteiger partial charge in [0.25, 0.3) is 0 Å². The third-order valence-electron chi connectivity index (χ3n) is 2.90. The summed E-state index contributed by atoms with van der Waals surface area (Å²) in [5, 5.41) is 5.03. The number of anilines is 1. The van der Waals surface area contributed by atoms with Gasteiger partial charge in [0.2, 0.25) is 5.91 Å². The maximum atomic E-state index is 12.8. The van der Waals surface area contributed by atoms with E-state index in [-0.39, 0.29) is 17.6 Å². The molecule has 0 fully saturated rings. The lowest BCUT2D eigenvalue weighted by Crippen LogP contribution is -2.49. The standard InChI is InChI=1S/C13H18FN3O2/c1-3-8(2)11(17-13(15)19)12(18)16-10-6-4-9(14)5-7-10/h4-8,11H,3H2,1-2H3,(H,16,18)(H3,15,17,19)/t8-,11+/m0/s1. The Hall–Kier alpha value is -2.11. The number of carbonyl (C=O) groups is 2. The minimum absolute atomic E-state index is 0.0621. The van der Waals surface area contributed by atoms with E-state index in [0.29, 0.717) is 12.1 Å². The first kappa shape index (κ1) is 14.9. The normalized spacial score (nSPS) is 13.4. The first-order valence-corrected chi connectivity index (χ1v) is 6.06. The predicted molar refractivity (Wildman–Crippen MR) is 71.0 cm³/mol. The van der Waals surface area contributed by atoms with E-state index < -0.39 is 12.1 Å². The van der Waals surface area contributed by atoms with E-state index in [1.165, 1.54) is 24.3 Å². The molecule has 0 aliphatic rings. The van der Waals surface area contributed by atoms with Gasteiger partial charge in [-0.3, -0.25) is 4.79 Å². The van der Waals surface area contributed by atoms with Gasteiger partial charge in [-0.2, -0.15) is 0 Å². The molecule has 0 saturated heterocycles. The number of halogens is 1. The Bertz CT molecular complexity index is 448. The number of primary amides is 1. The second-order valence-corrected chi connectivity index (χ2v) is 4.37. The minimum Gasteiger partial charge on any atom is -0.352 e. The highest BCUT2D eigenvalue weighted by atomic mass is 19.1. The summed E-state index contributed by atoms with van der Waals surface area (Å²) in [4.78, 5) is 23.0. The summed E-state index contributed by atoms with van der Waals surface area (Å²) in [5.74, 6) is -0.820. The summed E-state index contributed by atoms with van der Waals surface area (Å²) >= 11 is 0. The van der Waals surface area contributed by atoms with E-state index >= 15 is 0 Å². The molecular weight excluding hydrogens is 249 g/mol. The molecule has 0 bridgehead atoms. The molecule has 1 aromatic carbocycles. The van der Waals surface area contributed by atoms with Crippen LogP contribution in [0.2, 0.25) is 0 Å². The van der Waals surface area contributed by atoms with Crippen LogP contribution in [0.15, 0.2) is 24.3 Å². The molecule has 3 amide bonds. The molecule has 0 unspecified atom stereocenters. The Morgan fingerprint density at radius 1 is 1.32 bits per heavy atom. The van der Waals surface area contributed by atoms with E-state index in [2.05, 4.69) is 10.6 Å². The van der Waals surface area contributed by atoms with Crippen molar-refractivity contribution in [2.24, 2.45) is 11.7 Å². The molecule has 2 atom stereocenters. The van der Waals surface area contributed by atoms with Gasteiger partial charge in [0.05, 0.1) is 0 Å². The van der Waals surface area contributed by atoms with Gasteiger partial charge in [-0.1, -0.05) is 20.3 Å². The average molecular weight is 267 g/mol. The summed E-state index contributed by atoms with van der Waals surface area (Å²) in [6.45, 7) is 3.75. The first-order valence-electron chi connectivity index (χ1n) is 6.06. The fraction of sp³-hybridized carbons (Fsp3) is 0.385. The van der Waals surface area contributed by atoms with Gasteiger partial charge >= 0.3 is 6.03 Å². The zero-order chi connectivity index (χ0) is 14.4. The Kier molecular flexibility index (Phi) is 5.29. The van der Waals surface area contributed by atoms with Crippen LogP contribution in [0.4, 0.5) is 14.9 Å². The van der Waals surface area contributed by atoms with Crippen LogP contribution >= 0.6 is 0 Å². The number of urea groups is 1. The summed E-state index contributed by atoms with van der Waals surface area (Å²) in [6.07, 6.45) is 0.710. The lowest BCUT2D eigenvalue weighted by atomic mass is 9.98. The second-order valence-electron chi connectivity index (χ2n) is 4.37. The molecule has 0 spiro atoms. The Morgan fingerprint density at radius 3 is 2.37 bits per heavy atom. The number of amides is 3. The van der Waals surface area contributed by atoms with Gasteiger partial charge in [-0.05, 0) is 30.2 Å². The summed E-state index contributed by atoms with van der Waals surface area (Å²) in [5.41, 5.74) is 5.52. The maximum Gasteiger partial charge on any atom is 0.312 e. The molecular formula is C13H18FN3O2. The van der Waals surface area contributed by atoms with Gasteiger partial charge in [0, 0.05) is 5.69 Å². The van der Waals surface area contributed by atoms with Gasteiger partial charge in [0.15, 0.2) is 0 Å². The highest BCUT2D eigenvalue weighted by Crippen LogP contribution is 2.13. The van der Waals surface area contributed by atoms with E-state index in [4.69, 9.17) is 5.73 Å². The molecule has 0 aliphatic carbocycles. The second kappa shape index (κ2) is 6.72. The SMILES string of the molecule is CC[C@H](C)[C@@H](NC(N)=O)C(=O)Nc1ccc(F)cc1. The van der Waals surface area contributed by atoms with Crippen molar-refractivity contribution in [2.45, 2.75) is 26.3 Å². The van der Waals surface area contributed by atoms with Gasteiger partial charge in [-0.25, -0.2) is 9.18 Å². The van der Waals surface area contributed by atoms with Crippen LogP contribution < -0.4 is 16.4 Å². The predicted octanol–water partition coefficient (Wildman–Crippen LogP) is 1.85. The fourth-order valence-corrected chi connectivity index (χ4v) is 1.61. The highest BCUT2D eigenvalue weighted by molar-refractivity contribution is 5.97. The third kappa shape index (κ3) is 4.57. The van der Waals surface area contributed by atoms with E-state index in [9.17, 15) is 14.0 Å². The van der Waals surface area contributed by atoms with Crippen LogP contribution in [0, 0.1) is 11.7 Å². The number of hydrogen-bond donors (Lipinski definition) is 3. The zero-order valence-electron chi connectivity index (χ0n) is 10.9. The van der Waals surface area contributed by atoms with Crippen LogP contribution in [0.3, 0.4) is 0 Å². The Labute approximate surface area is 111 Å². The van der Waals surface area contributed by atoms with Crippen molar-refractivity contribution >= 4 is 17.6 Å². The number of rotatable bonds is 5. The lowest BCUT2D eigenvalue weighted by molar-refractivity contribution is -0.119. The minimum atomic E-state index is -0.750. The van der Waals surface area contributed by atoms with Crippen LogP contribution in [0.25, 0.3) is 0 Å².